The van der Waals surface area contributed by atoms with Crippen LogP contribution in [-0.4, -0.2) is 43.7 Å². The van der Waals surface area contributed by atoms with E-state index in [2.05, 4.69) is 19.2 Å². The van der Waals surface area contributed by atoms with Gasteiger partial charge in [-0.25, -0.2) is 0 Å². The number of phenols is 1. The third-order valence-corrected chi connectivity index (χ3v) is 4.51. The Labute approximate surface area is 155 Å². The number of amides is 1. The zero-order valence-electron chi connectivity index (χ0n) is 16.1. The predicted molar refractivity (Wildman–Crippen MR) is 104 cm³/mol. The van der Waals surface area contributed by atoms with Gasteiger partial charge in [0.05, 0.1) is 18.7 Å². The van der Waals surface area contributed by atoms with Gasteiger partial charge in [-0.05, 0) is 55.4 Å². The third-order valence-electron chi connectivity index (χ3n) is 4.51. The number of carbonyl (C=O) groups excluding carboxylic acids is 1. The number of carbonyl (C=O) groups is 1. The van der Waals surface area contributed by atoms with Crippen molar-refractivity contribution in [3.05, 3.63) is 59.2 Å². The van der Waals surface area contributed by atoms with Crippen LogP contribution in [0.1, 0.15) is 47.3 Å². The van der Waals surface area contributed by atoms with E-state index in [0.717, 1.165) is 16.9 Å². The monoisotopic (exact) mass is 356 g/mol. The molecular formula is C21H28N2O3. The molecule has 5 nitrogen and oxygen atoms in total. The number of hydrogen-bond donors (Lipinski definition) is 2. The summed E-state index contributed by atoms with van der Waals surface area (Å²) in [7, 11) is 5.58. The maximum absolute atomic E-state index is 12.6. The van der Waals surface area contributed by atoms with Crippen molar-refractivity contribution >= 4 is 5.91 Å². The molecule has 5 heteroatoms. The minimum atomic E-state index is -0.273. The van der Waals surface area contributed by atoms with Crippen LogP contribution in [0.2, 0.25) is 0 Å². The highest BCUT2D eigenvalue weighted by molar-refractivity contribution is 5.97. The highest BCUT2D eigenvalue weighted by atomic mass is 16.5. The van der Waals surface area contributed by atoms with Crippen molar-refractivity contribution < 1.29 is 14.6 Å². The van der Waals surface area contributed by atoms with Gasteiger partial charge in [0.1, 0.15) is 11.5 Å². The molecule has 0 aromatic heterocycles. The van der Waals surface area contributed by atoms with Crippen molar-refractivity contribution in [2.45, 2.75) is 25.8 Å². The normalized spacial score (nSPS) is 12.3. The first kappa shape index (κ1) is 19.8. The van der Waals surface area contributed by atoms with Gasteiger partial charge >= 0.3 is 0 Å². The molecular weight excluding hydrogens is 328 g/mol. The number of benzene rings is 2. The van der Waals surface area contributed by atoms with E-state index in [1.807, 2.05) is 49.3 Å². The Kier molecular flexibility index (Phi) is 6.64. The van der Waals surface area contributed by atoms with Crippen molar-refractivity contribution in [1.82, 2.24) is 10.2 Å². The minimum absolute atomic E-state index is 0.00208. The Morgan fingerprint density at radius 3 is 2.27 bits per heavy atom. The molecule has 1 atom stereocenters. The van der Waals surface area contributed by atoms with Crippen molar-refractivity contribution in [2.75, 3.05) is 27.7 Å². The molecule has 2 N–H and O–H groups in total. The number of phenolic OH excluding ortho intramolecular Hbond substituents is 1. The summed E-state index contributed by atoms with van der Waals surface area (Å²) in [5.74, 6) is 0.810. The number of likely N-dealkylation sites (N-methyl/N-ethyl adjacent to an activating group) is 1. The number of nitrogens with zero attached hydrogens (tertiary/aromatic N) is 1. The standard InChI is InChI=1S/C21H28N2O3/c1-14(2)16-8-11-20(24)18(12-16)21(25)22-13-19(23(3)4)15-6-9-17(26-5)10-7-15/h6-12,14,19,24H,13H2,1-5H3,(H,22,25). The summed E-state index contributed by atoms with van der Waals surface area (Å²) in [6.07, 6.45) is 0. The summed E-state index contributed by atoms with van der Waals surface area (Å²) in [4.78, 5) is 14.6. The Morgan fingerprint density at radius 2 is 1.73 bits per heavy atom. The molecule has 0 aliphatic rings. The summed E-state index contributed by atoms with van der Waals surface area (Å²) < 4.78 is 5.20. The molecule has 2 aromatic carbocycles. The second-order valence-corrected chi connectivity index (χ2v) is 6.89. The van der Waals surface area contributed by atoms with Crippen molar-refractivity contribution in [2.24, 2.45) is 0 Å². The number of rotatable bonds is 7. The molecule has 1 amide bonds. The van der Waals surface area contributed by atoms with Crippen LogP contribution in [0.4, 0.5) is 0 Å². The number of ether oxygens (including phenoxy) is 1. The predicted octanol–water partition coefficient (Wildman–Crippen LogP) is 3.56. The molecule has 26 heavy (non-hydrogen) atoms. The second kappa shape index (κ2) is 8.72. The third kappa shape index (κ3) is 4.76. The van der Waals surface area contributed by atoms with E-state index in [-0.39, 0.29) is 23.6 Å². The fraction of sp³-hybridized carbons (Fsp3) is 0.381. The van der Waals surface area contributed by atoms with Crippen LogP contribution in [0, 0.1) is 0 Å². The lowest BCUT2D eigenvalue weighted by molar-refractivity contribution is 0.0939. The molecule has 140 valence electrons. The Hall–Kier alpha value is -2.53. The van der Waals surface area contributed by atoms with Gasteiger partial charge in [0.25, 0.3) is 5.91 Å². The van der Waals surface area contributed by atoms with E-state index in [0.29, 0.717) is 12.1 Å². The minimum Gasteiger partial charge on any atom is -0.507 e. The molecule has 2 rings (SSSR count). The molecule has 0 heterocycles. The van der Waals surface area contributed by atoms with E-state index < -0.39 is 0 Å². The largest absolute Gasteiger partial charge is 0.507 e. The molecule has 2 aromatic rings. The van der Waals surface area contributed by atoms with Crippen molar-refractivity contribution in [1.29, 1.82) is 0 Å². The number of methoxy groups -OCH3 is 1. The van der Waals surface area contributed by atoms with Crippen LogP contribution in [0.25, 0.3) is 0 Å². The van der Waals surface area contributed by atoms with Gasteiger partial charge in [-0.2, -0.15) is 0 Å². The van der Waals surface area contributed by atoms with E-state index >= 15 is 0 Å². The molecule has 0 spiro atoms. The van der Waals surface area contributed by atoms with E-state index in [4.69, 9.17) is 4.74 Å². The van der Waals surface area contributed by atoms with Gasteiger partial charge < -0.3 is 20.1 Å². The van der Waals surface area contributed by atoms with Gasteiger partial charge in [-0.15, -0.1) is 0 Å². The molecule has 0 saturated carbocycles. The molecule has 0 fully saturated rings. The molecule has 0 aliphatic carbocycles. The van der Waals surface area contributed by atoms with Gasteiger partial charge in [0, 0.05) is 6.54 Å². The van der Waals surface area contributed by atoms with E-state index in [1.165, 1.54) is 0 Å². The maximum atomic E-state index is 12.6. The quantitative estimate of drug-likeness (QED) is 0.796. The lowest BCUT2D eigenvalue weighted by Crippen LogP contribution is -2.34. The summed E-state index contributed by atoms with van der Waals surface area (Å²) in [5.41, 5.74) is 2.41. The van der Waals surface area contributed by atoms with Crippen LogP contribution in [0.3, 0.4) is 0 Å². The zero-order valence-corrected chi connectivity index (χ0v) is 16.1. The molecule has 1 unspecified atom stereocenters. The van der Waals surface area contributed by atoms with Gasteiger partial charge in [0.15, 0.2) is 0 Å². The Balaban J connectivity index is 2.13. The molecule has 0 radical (unpaired) electrons. The lowest BCUT2D eigenvalue weighted by atomic mass is 9.99. The van der Waals surface area contributed by atoms with Crippen LogP contribution < -0.4 is 10.1 Å². The highest BCUT2D eigenvalue weighted by Crippen LogP contribution is 2.24. The Morgan fingerprint density at radius 1 is 1.12 bits per heavy atom. The summed E-state index contributed by atoms with van der Waals surface area (Å²) in [5, 5.41) is 13.0. The number of hydrogen-bond acceptors (Lipinski definition) is 4. The molecule has 0 bridgehead atoms. The maximum Gasteiger partial charge on any atom is 0.255 e. The average molecular weight is 356 g/mol. The van der Waals surface area contributed by atoms with Crippen LogP contribution in [0.15, 0.2) is 42.5 Å². The van der Waals surface area contributed by atoms with Gasteiger partial charge in [0.2, 0.25) is 0 Å². The van der Waals surface area contributed by atoms with Crippen LogP contribution >= 0.6 is 0 Å². The highest BCUT2D eigenvalue weighted by Gasteiger charge is 2.18. The summed E-state index contributed by atoms with van der Waals surface area (Å²) >= 11 is 0. The molecule has 0 saturated heterocycles. The first-order chi connectivity index (χ1) is 12.3. The summed E-state index contributed by atoms with van der Waals surface area (Å²) in [6.45, 7) is 4.54. The second-order valence-electron chi connectivity index (χ2n) is 6.89. The van der Waals surface area contributed by atoms with Crippen molar-refractivity contribution in [3.63, 3.8) is 0 Å². The van der Waals surface area contributed by atoms with Crippen LogP contribution in [-0.2, 0) is 0 Å². The fourth-order valence-electron chi connectivity index (χ4n) is 2.80. The average Bonchev–Trinajstić information content (AvgIpc) is 2.62. The van der Waals surface area contributed by atoms with Crippen molar-refractivity contribution in [3.8, 4) is 11.5 Å². The molecule has 0 aliphatic heterocycles. The van der Waals surface area contributed by atoms with Crippen LogP contribution in [0.5, 0.6) is 11.5 Å². The lowest BCUT2D eigenvalue weighted by Gasteiger charge is -2.25. The summed E-state index contributed by atoms with van der Waals surface area (Å²) in [6, 6.07) is 13.0. The van der Waals surface area contributed by atoms with E-state index in [1.54, 1.807) is 19.2 Å². The Bertz CT molecular complexity index is 739. The van der Waals surface area contributed by atoms with Gasteiger partial charge in [-0.3, -0.25) is 4.79 Å². The first-order valence-electron chi connectivity index (χ1n) is 8.75. The zero-order chi connectivity index (χ0) is 19.3. The smallest absolute Gasteiger partial charge is 0.255 e. The number of nitrogens with one attached hydrogen (secondary N) is 1. The van der Waals surface area contributed by atoms with E-state index in [9.17, 15) is 9.90 Å². The fourth-order valence-corrected chi connectivity index (χ4v) is 2.80. The first-order valence-corrected chi connectivity index (χ1v) is 8.75. The topological polar surface area (TPSA) is 61.8 Å². The number of aromatic hydroxyl groups is 1. The SMILES string of the molecule is COc1ccc(C(CNC(=O)c2cc(C(C)C)ccc2O)N(C)C)cc1. The van der Waals surface area contributed by atoms with Gasteiger partial charge in [-0.1, -0.05) is 32.0 Å².